The molecule has 0 fully saturated rings. The van der Waals surface area contributed by atoms with Crippen molar-refractivity contribution in [1.82, 2.24) is 9.78 Å². The van der Waals surface area contributed by atoms with Crippen LogP contribution in [-0.2, 0) is 29.5 Å². The third-order valence-electron chi connectivity index (χ3n) is 4.85. The van der Waals surface area contributed by atoms with Gasteiger partial charge in [-0.1, -0.05) is 24.2 Å². The second-order valence-electron chi connectivity index (χ2n) is 7.52. The van der Waals surface area contributed by atoms with Crippen LogP contribution in [0.4, 0.5) is 19.0 Å². The lowest BCUT2D eigenvalue weighted by Crippen LogP contribution is -2.21. The Kier molecular flexibility index (Phi) is 7.93. The predicted octanol–water partition coefficient (Wildman–Crippen LogP) is 5.10. The lowest BCUT2D eigenvalue weighted by Gasteiger charge is -2.09. The molecule has 180 valence electrons. The quantitative estimate of drug-likeness (QED) is 0.346. The molecule has 34 heavy (non-hydrogen) atoms. The van der Waals surface area contributed by atoms with E-state index in [-0.39, 0.29) is 19.1 Å². The first-order valence-electron chi connectivity index (χ1n) is 10.5. The minimum atomic E-state index is -4.37. The molecule has 7 nitrogen and oxygen atoms in total. The van der Waals surface area contributed by atoms with Crippen LogP contribution in [0.25, 0.3) is 0 Å². The summed E-state index contributed by atoms with van der Waals surface area (Å²) < 4.78 is 45.0. The third-order valence-corrected chi connectivity index (χ3v) is 4.85. The number of halogens is 3. The maximum atomic E-state index is 12.6. The average molecular weight is 474 g/mol. The van der Waals surface area contributed by atoms with Gasteiger partial charge in [0.25, 0.3) is 5.91 Å². The normalized spacial score (nSPS) is 11.9. The molecule has 3 aromatic rings. The van der Waals surface area contributed by atoms with Crippen molar-refractivity contribution in [1.29, 1.82) is 0 Å². The molecule has 0 aliphatic carbocycles. The lowest BCUT2D eigenvalue weighted by atomic mass is 10.1. The van der Waals surface area contributed by atoms with Crippen LogP contribution in [0.1, 0.15) is 35.7 Å². The van der Waals surface area contributed by atoms with Gasteiger partial charge in [0, 0.05) is 13.1 Å². The number of nitrogens with one attached hydrogen (secondary N) is 1. The van der Waals surface area contributed by atoms with Crippen molar-refractivity contribution in [2.45, 2.75) is 33.1 Å². The van der Waals surface area contributed by atoms with Gasteiger partial charge in [-0.15, -0.1) is 0 Å². The smallest absolute Gasteiger partial charge is 0.416 e. The number of ether oxygens (including phenoxy) is 1. The number of hydrogen-bond donors (Lipinski definition) is 1. The van der Waals surface area contributed by atoms with Gasteiger partial charge in [-0.05, 0) is 60.9 Å². The Bertz CT molecular complexity index is 1140. The number of oxime groups is 1. The molecule has 2 aromatic carbocycles. The molecule has 0 radical (unpaired) electrons. The van der Waals surface area contributed by atoms with Crippen LogP contribution in [0.15, 0.2) is 59.8 Å². The number of nitrogens with zero attached hydrogens (tertiary/aromatic N) is 3. The maximum Gasteiger partial charge on any atom is 0.416 e. The summed E-state index contributed by atoms with van der Waals surface area (Å²) in [6.45, 7) is 3.64. The highest BCUT2D eigenvalue weighted by molar-refractivity contribution is 6.00. The standard InChI is InChI=1S/C24H25F3N4O3/c1-4-21(30-34-14-17-5-9-19(10-6-17)24(25,26)27)18-7-11-20(12-8-18)33-15-23(32)28-22-13-16(2)29-31(22)3/h5-13H,4,14-15H2,1-3H3,(H,28,32). The Balaban J connectivity index is 1.52. The topological polar surface area (TPSA) is 77.7 Å². The van der Waals surface area contributed by atoms with Crippen molar-refractivity contribution in [3.05, 3.63) is 77.0 Å². The number of benzene rings is 2. The van der Waals surface area contributed by atoms with E-state index < -0.39 is 11.7 Å². The van der Waals surface area contributed by atoms with Crippen LogP contribution in [0.5, 0.6) is 5.75 Å². The number of anilines is 1. The molecule has 0 aliphatic heterocycles. The molecule has 0 unspecified atom stereocenters. The molecule has 1 heterocycles. The second kappa shape index (κ2) is 10.9. The molecule has 10 heteroatoms. The zero-order valence-electron chi connectivity index (χ0n) is 19.0. The van der Waals surface area contributed by atoms with Gasteiger partial charge >= 0.3 is 6.18 Å². The molecule has 3 rings (SSSR count). The monoisotopic (exact) mass is 474 g/mol. The van der Waals surface area contributed by atoms with Crippen LogP contribution in [0, 0.1) is 6.92 Å². The fourth-order valence-corrected chi connectivity index (χ4v) is 3.10. The van der Waals surface area contributed by atoms with Gasteiger partial charge in [0.1, 0.15) is 18.2 Å². The van der Waals surface area contributed by atoms with Crippen molar-refractivity contribution in [2.75, 3.05) is 11.9 Å². The van der Waals surface area contributed by atoms with E-state index in [9.17, 15) is 18.0 Å². The first-order chi connectivity index (χ1) is 16.2. The van der Waals surface area contributed by atoms with Gasteiger partial charge in [-0.25, -0.2) is 0 Å². The summed E-state index contributed by atoms with van der Waals surface area (Å²) in [6.07, 6.45) is -3.79. The fraction of sp³-hybridized carbons (Fsp3) is 0.292. The number of amides is 1. The van der Waals surface area contributed by atoms with E-state index >= 15 is 0 Å². The van der Waals surface area contributed by atoms with Gasteiger partial charge < -0.3 is 14.9 Å². The maximum absolute atomic E-state index is 12.6. The molecule has 0 saturated carbocycles. The molecule has 0 aliphatic rings. The number of aromatic nitrogens is 2. The minimum Gasteiger partial charge on any atom is -0.484 e. The summed E-state index contributed by atoms with van der Waals surface area (Å²) in [5.41, 5.74) is 2.14. The Morgan fingerprint density at radius 3 is 2.35 bits per heavy atom. The molecule has 0 atom stereocenters. The Hall–Kier alpha value is -3.82. The highest BCUT2D eigenvalue weighted by atomic mass is 19.4. The number of aryl methyl sites for hydroxylation is 2. The predicted molar refractivity (Wildman–Crippen MR) is 122 cm³/mol. The SMILES string of the molecule is CCC(=NOCc1ccc(C(F)(F)F)cc1)c1ccc(OCC(=O)Nc2cc(C)nn2C)cc1. The zero-order chi connectivity index (χ0) is 24.7. The summed E-state index contributed by atoms with van der Waals surface area (Å²) in [5, 5.41) is 11.0. The molecule has 0 spiro atoms. The van der Waals surface area contributed by atoms with E-state index in [2.05, 4.69) is 15.6 Å². The highest BCUT2D eigenvalue weighted by Crippen LogP contribution is 2.29. The van der Waals surface area contributed by atoms with Crippen molar-refractivity contribution in [2.24, 2.45) is 12.2 Å². The molecule has 0 bridgehead atoms. The molecular formula is C24H25F3N4O3. The van der Waals surface area contributed by atoms with Gasteiger partial charge in [0.05, 0.1) is 17.0 Å². The Morgan fingerprint density at radius 2 is 1.79 bits per heavy atom. The fourth-order valence-electron chi connectivity index (χ4n) is 3.10. The third kappa shape index (κ3) is 6.84. The number of rotatable bonds is 9. The van der Waals surface area contributed by atoms with E-state index in [1.165, 1.54) is 12.1 Å². The van der Waals surface area contributed by atoms with Gasteiger partial charge in [-0.3, -0.25) is 9.48 Å². The minimum absolute atomic E-state index is 0.0497. The number of carbonyl (C=O) groups excluding carboxylic acids is 1. The Morgan fingerprint density at radius 1 is 1.12 bits per heavy atom. The highest BCUT2D eigenvalue weighted by Gasteiger charge is 2.29. The second-order valence-corrected chi connectivity index (χ2v) is 7.52. The number of alkyl halides is 3. The summed E-state index contributed by atoms with van der Waals surface area (Å²) in [4.78, 5) is 17.4. The van der Waals surface area contributed by atoms with Crippen LogP contribution in [-0.4, -0.2) is 28.0 Å². The van der Waals surface area contributed by atoms with Crippen LogP contribution < -0.4 is 10.1 Å². The van der Waals surface area contributed by atoms with Gasteiger partial charge in [0.2, 0.25) is 0 Å². The molecule has 1 N–H and O–H groups in total. The van der Waals surface area contributed by atoms with Crippen molar-refractivity contribution in [3.8, 4) is 5.75 Å². The van der Waals surface area contributed by atoms with Crippen molar-refractivity contribution >= 4 is 17.4 Å². The van der Waals surface area contributed by atoms with Crippen molar-refractivity contribution < 1.29 is 27.5 Å². The van der Waals surface area contributed by atoms with Gasteiger partial charge in [-0.2, -0.15) is 18.3 Å². The lowest BCUT2D eigenvalue weighted by molar-refractivity contribution is -0.137. The molecule has 1 aromatic heterocycles. The number of carbonyl (C=O) groups is 1. The summed E-state index contributed by atoms with van der Waals surface area (Å²) in [5.74, 6) is 0.794. The van der Waals surface area contributed by atoms with Crippen LogP contribution in [0.3, 0.4) is 0 Å². The molecule has 1 amide bonds. The van der Waals surface area contributed by atoms with Gasteiger partial charge in [0.15, 0.2) is 6.61 Å². The van der Waals surface area contributed by atoms with E-state index in [0.29, 0.717) is 29.3 Å². The first-order valence-corrected chi connectivity index (χ1v) is 10.5. The van der Waals surface area contributed by atoms with Crippen molar-refractivity contribution in [3.63, 3.8) is 0 Å². The van der Waals surface area contributed by atoms with E-state index in [1.54, 1.807) is 42.1 Å². The Labute approximate surface area is 195 Å². The average Bonchev–Trinajstić information content (AvgIpc) is 3.12. The summed E-state index contributed by atoms with van der Waals surface area (Å²) in [6, 6.07) is 13.5. The molecule has 0 saturated heterocycles. The van der Waals surface area contributed by atoms with E-state index in [4.69, 9.17) is 9.57 Å². The van der Waals surface area contributed by atoms with E-state index in [0.717, 1.165) is 23.4 Å². The van der Waals surface area contributed by atoms with E-state index in [1.807, 2.05) is 13.8 Å². The zero-order valence-corrected chi connectivity index (χ0v) is 19.0. The molecular weight excluding hydrogens is 449 g/mol. The van der Waals surface area contributed by atoms with Crippen LogP contribution >= 0.6 is 0 Å². The van der Waals surface area contributed by atoms with Crippen LogP contribution in [0.2, 0.25) is 0 Å². The largest absolute Gasteiger partial charge is 0.484 e. The number of hydrogen-bond acceptors (Lipinski definition) is 5. The first kappa shape index (κ1) is 24.8. The summed E-state index contributed by atoms with van der Waals surface area (Å²) in [7, 11) is 1.74. The summed E-state index contributed by atoms with van der Waals surface area (Å²) >= 11 is 0.